The molecule has 0 aromatic heterocycles. The first-order chi connectivity index (χ1) is 8.57. The van der Waals surface area contributed by atoms with Crippen LogP contribution in [0.15, 0.2) is 12.2 Å². The molecule has 3 aliphatic rings. The maximum Gasteiger partial charge on any atom is 0.333 e. The maximum absolute atomic E-state index is 12.0. The van der Waals surface area contributed by atoms with E-state index in [4.69, 9.17) is 4.74 Å². The smallest absolute Gasteiger partial charge is 0.333 e. The molecule has 0 atom stereocenters. The van der Waals surface area contributed by atoms with Crippen molar-refractivity contribution in [3.63, 3.8) is 0 Å². The molecule has 3 saturated carbocycles. The Bertz CT molecular complexity index is 369. The van der Waals surface area contributed by atoms with E-state index in [-0.39, 0.29) is 11.6 Å². The largest absolute Gasteiger partial charge is 0.455 e. The lowest BCUT2D eigenvalue weighted by Gasteiger charge is -2.45. The Morgan fingerprint density at radius 3 is 2.22 bits per heavy atom. The fourth-order valence-corrected chi connectivity index (χ4v) is 4.78. The van der Waals surface area contributed by atoms with Crippen molar-refractivity contribution in [1.29, 1.82) is 0 Å². The molecule has 3 fully saturated rings. The number of esters is 1. The first kappa shape index (κ1) is 12.3. The Morgan fingerprint density at radius 2 is 1.78 bits per heavy atom. The quantitative estimate of drug-likeness (QED) is 0.557. The molecule has 2 heteroatoms. The summed E-state index contributed by atoms with van der Waals surface area (Å²) in [6.07, 6.45) is 11.2. The zero-order valence-corrected chi connectivity index (χ0v) is 11.5. The highest BCUT2D eigenvalue weighted by Gasteiger charge is 2.60. The van der Waals surface area contributed by atoms with Gasteiger partial charge in [-0.3, -0.25) is 0 Å². The Kier molecular flexibility index (Phi) is 2.80. The second-order valence-electron chi connectivity index (χ2n) is 6.80. The van der Waals surface area contributed by atoms with Crippen LogP contribution in [0.25, 0.3) is 0 Å². The van der Waals surface area contributed by atoms with E-state index in [1.165, 1.54) is 44.9 Å². The average molecular weight is 248 g/mol. The van der Waals surface area contributed by atoms with Gasteiger partial charge in [-0.15, -0.1) is 0 Å². The summed E-state index contributed by atoms with van der Waals surface area (Å²) >= 11 is 0. The van der Waals surface area contributed by atoms with Gasteiger partial charge in [-0.2, -0.15) is 0 Å². The molecule has 0 aromatic rings. The maximum atomic E-state index is 12.0. The Labute approximate surface area is 110 Å². The molecule has 0 saturated heterocycles. The predicted molar refractivity (Wildman–Crippen MR) is 71.1 cm³/mol. The van der Waals surface area contributed by atoms with Gasteiger partial charge in [0.1, 0.15) is 5.60 Å². The normalized spacial score (nSPS) is 36.8. The third-order valence-corrected chi connectivity index (χ3v) is 5.76. The minimum Gasteiger partial charge on any atom is -0.455 e. The van der Waals surface area contributed by atoms with Crippen LogP contribution in [0.4, 0.5) is 0 Å². The second-order valence-corrected chi connectivity index (χ2v) is 6.80. The highest BCUT2D eigenvalue weighted by atomic mass is 16.6. The van der Waals surface area contributed by atoms with Gasteiger partial charge >= 0.3 is 5.97 Å². The van der Waals surface area contributed by atoms with Crippen LogP contribution in [0, 0.1) is 11.3 Å². The SMILES string of the molecule is C=C(C)C(=O)OC1(C23CCC(CC2)C3)CCCC1. The first-order valence-electron chi connectivity index (χ1n) is 7.46. The molecule has 100 valence electrons. The lowest BCUT2D eigenvalue weighted by atomic mass is 9.68. The fraction of sp³-hybridized carbons (Fsp3) is 0.812. The van der Waals surface area contributed by atoms with Crippen molar-refractivity contribution in [2.45, 2.75) is 70.3 Å². The summed E-state index contributed by atoms with van der Waals surface area (Å²) in [4.78, 5) is 12.0. The molecule has 0 aliphatic heterocycles. The standard InChI is InChI=1S/C16H24O2/c1-12(2)14(17)18-16(7-3-4-8-16)15-9-5-13(11-15)6-10-15/h13H,1,3-11H2,2H3. The van der Waals surface area contributed by atoms with Gasteiger partial charge in [0.15, 0.2) is 0 Å². The van der Waals surface area contributed by atoms with Gasteiger partial charge in [0.25, 0.3) is 0 Å². The second kappa shape index (κ2) is 4.11. The highest BCUT2D eigenvalue weighted by molar-refractivity contribution is 5.87. The van der Waals surface area contributed by atoms with Gasteiger partial charge in [0.2, 0.25) is 0 Å². The number of carbonyl (C=O) groups is 1. The monoisotopic (exact) mass is 248 g/mol. The molecular formula is C16H24O2. The van der Waals surface area contributed by atoms with Crippen LogP contribution in [-0.2, 0) is 9.53 Å². The highest BCUT2D eigenvalue weighted by Crippen LogP contribution is 2.64. The Balaban J connectivity index is 1.87. The van der Waals surface area contributed by atoms with Gasteiger partial charge in [-0.1, -0.05) is 6.58 Å². The Hall–Kier alpha value is -0.790. The van der Waals surface area contributed by atoms with Crippen molar-refractivity contribution in [2.75, 3.05) is 0 Å². The van der Waals surface area contributed by atoms with E-state index >= 15 is 0 Å². The average Bonchev–Trinajstić information content (AvgIpc) is 3.04. The van der Waals surface area contributed by atoms with Gasteiger partial charge in [0.05, 0.1) is 0 Å². The van der Waals surface area contributed by atoms with E-state index < -0.39 is 0 Å². The topological polar surface area (TPSA) is 26.3 Å². The van der Waals surface area contributed by atoms with Crippen LogP contribution in [-0.4, -0.2) is 11.6 Å². The molecule has 2 nitrogen and oxygen atoms in total. The molecule has 0 aromatic carbocycles. The molecule has 3 aliphatic carbocycles. The minimum atomic E-state index is -0.165. The van der Waals surface area contributed by atoms with Crippen molar-refractivity contribution < 1.29 is 9.53 Å². The predicted octanol–water partition coefficient (Wildman–Crippen LogP) is 4.00. The van der Waals surface area contributed by atoms with E-state index in [0.717, 1.165) is 18.8 Å². The number of fused-ring (bicyclic) bond motifs is 2. The van der Waals surface area contributed by atoms with Gasteiger partial charge in [-0.05, 0) is 70.6 Å². The number of carbonyl (C=O) groups excluding carboxylic acids is 1. The number of hydrogen-bond acceptors (Lipinski definition) is 2. The van der Waals surface area contributed by atoms with Gasteiger partial charge in [-0.25, -0.2) is 4.79 Å². The van der Waals surface area contributed by atoms with Crippen LogP contribution in [0.2, 0.25) is 0 Å². The van der Waals surface area contributed by atoms with Gasteiger partial charge < -0.3 is 4.74 Å². The lowest BCUT2D eigenvalue weighted by molar-refractivity contribution is -0.171. The van der Waals surface area contributed by atoms with Crippen molar-refractivity contribution >= 4 is 5.97 Å². The molecule has 0 radical (unpaired) electrons. The van der Waals surface area contributed by atoms with Crippen molar-refractivity contribution in [2.24, 2.45) is 11.3 Å². The summed E-state index contributed by atoms with van der Waals surface area (Å²) in [5.41, 5.74) is 0.721. The van der Waals surface area contributed by atoms with E-state index in [2.05, 4.69) is 6.58 Å². The van der Waals surface area contributed by atoms with Crippen LogP contribution < -0.4 is 0 Å². The van der Waals surface area contributed by atoms with E-state index in [9.17, 15) is 4.79 Å². The number of ether oxygens (including phenoxy) is 1. The molecule has 0 spiro atoms. The van der Waals surface area contributed by atoms with Gasteiger partial charge in [0, 0.05) is 11.0 Å². The zero-order valence-electron chi connectivity index (χ0n) is 11.5. The summed E-state index contributed by atoms with van der Waals surface area (Å²) in [7, 11) is 0. The molecule has 3 rings (SSSR count). The zero-order chi connectivity index (χ0) is 12.8. The first-order valence-corrected chi connectivity index (χ1v) is 7.46. The van der Waals surface area contributed by atoms with E-state index in [1.807, 2.05) is 0 Å². The molecular weight excluding hydrogens is 224 g/mol. The molecule has 2 bridgehead atoms. The summed E-state index contributed by atoms with van der Waals surface area (Å²) in [5, 5.41) is 0. The molecule has 0 N–H and O–H groups in total. The molecule has 0 amide bonds. The van der Waals surface area contributed by atoms with Crippen LogP contribution in [0.1, 0.15) is 64.7 Å². The third kappa shape index (κ3) is 1.64. The molecule has 0 unspecified atom stereocenters. The fourth-order valence-electron chi connectivity index (χ4n) is 4.78. The van der Waals surface area contributed by atoms with Crippen LogP contribution >= 0.6 is 0 Å². The van der Waals surface area contributed by atoms with Crippen LogP contribution in [0.3, 0.4) is 0 Å². The van der Waals surface area contributed by atoms with Crippen molar-refractivity contribution in [3.8, 4) is 0 Å². The summed E-state index contributed by atoms with van der Waals surface area (Å²) in [6, 6.07) is 0. The number of hydrogen-bond donors (Lipinski definition) is 0. The third-order valence-electron chi connectivity index (χ3n) is 5.76. The van der Waals surface area contributed by atoms with Crippen molar-refractivity contribution in [1.82, 2.24) is 0 Å². The Morgan fingerprint density at radius 1 is 1.17 bits per heavy atom. The molecule has 18 heavy (non-hydrogen) atoms. The van der Waals surface area contributed by atoms with Crippen molar-refractivity contribution in [3.05, 3.63) is 12.2 Å². The lowest BCUT2D eigenvalue weighted by Crippen LogP contribution is -2.47. The van der Waals surface area contributed by atoms with E-state index in [1.54, 1.807) is 6.92 Å². The summed E-state index contributed by atoms with van der Waals surface area (Å²) in [5.74, 6) is 0.743. The summed E-state index contributed by atoms with van der Waals surface area (Å²) < 4.78 is 6.03. The summed E-state index contributed by atoms with van der Waals surface area (Å²) in [6.45, 7) is 5.50. The van der Waals surface area contributed by atoms with E-state index in [0.29, 0.717) is 11.0 Å². The molecule has 0 heterocycles. The minimum absolute atomic E-state index is 0.145. The number of rotatable bonds is 3. The van der Waals surface area contributed by atoms with Crippen LogP contribution in [0.5, 0.6) is 0 Å².